The van der Waals surface area contributed by atoms with E-state index >= 15 is 0 Å². The van der Waals surface area contributed by atoms with E-state index in [1.165, 1.54) is 4.88 Å². The Morgan fingerprint density at radius 2 is 2.33 bits per heavy atom. The van der Waals surface area contributed by atoms with E-state index in [1.807, 2.05) is 24.3 Å². The second kappa shape index (κ2) is 5.96. The summed E-state index contributed by atoms with van der Waals surface area (Å²) < 4.78 is 0.790. The molecule has 0 radical (unpaired) electrons. The summed E-state index contributed by atoms with van der Waals surface area (Å²) in [6, 6.07) is 9.95. The molecule has 1 unspecified atom stereocenters. The van der Waals surface area contributed by atoms with Crippen LogP contribution in [-0.2, 0) is 6.54 Å². The number of thiophene rings is 1. The molecule has 2 aromatic rings. The van der Waals surface area contributed by atoms with Crippen molar-refractivity contribution in [3.63, 3.8) is 0 Å². The molecule has 0 aromatic carbocycles. The number of nitrogens with zero attached hydrogens (tertiary/aromatic N) is 2. The maximum Gasteiger partial charge on any atom is 0.144 e. The Morgan fingerprint density at radius 3 is 3.00 bits per heavy atom. The third-order valence-electron chi connectivity index (χ3n) is 2.62. The highest BCUT2D eigenvalue weighted by molar-refractivity contribution is 7.16. The van der Waals surface area contributed by atoms with Crippen LogP contribution in [-0.4, -0.2) is 4.98 Å². The number of hydrogen-bond acceptors (Lipinski definition) is 4. The van der Waals surface area contributed by atoms with E-state index in [4.69, 9.17) is 16.9 Å². The van der Waals surface area contributed by atoms with Crippen LogP contribution in [0, 0.1) is 11.3 Å². The number of pyridine rings is 1. The zero-order chi connectivity index (χ0) is 13.0. The van der Waals surface area contributed by atoms with Crippen LogP contribution in [0.5, 0.6) is 0 Å². The Labute approximate surface area is 115 Å². The van der Waals surface area contributed by atoms with Crippen LogP contribution in [0.15, 0.2) is 30.5 Å². The largest absolute Gasteiger partial charge is 0.305 e. The van der Waals surface area contributed by atoms with Crippen molar-refractivity contribution in [2.24, 2.45) is 0 Å². The van der Waals surface area contributed by atoms with Gasteiger partial charge < -0.3 is 5.32 Å². The topological polar surface area (TPSA) is 48.7 Å². The van der Waals surface area contributed by atoms with Crippen LogP contribution in [0.25, 0.3) is 0 Å². The van der Waals surface area contributed by atoms with Gasteiger partial charge in [-0.3, -0.25) is 0 Å². The van der Waals surface area contributed by atoms with Gasteiger partial charge in [0.05, 0.1) is 4.34 Å². The van der Waals surface area contributed by atoms with Gasteiger partial charge in [-0.2, -0.15) is 5.26 Å². The molecule has 0 aliphatic rings. The molecule has 1 atom stereocenters. The first-order chi connectivity index (χ1) is 8.70. The fourth-order valence-electron chi connectivity index (χ4n) is 1.61. The van der Waals surface area contributed by atoms with Gasteiger partial charge in [-0.15, -0.1) is 11.3 Å². The minimum Gasteiger partial charge on any atom is -0.305 e. The van der Waals surface area contributed by atoms with Gasteiger partial charge in [0.1, 0.15) is 11.8 Å². The summed E-state index contributed by atoms with van der Waals surface area (Å²) in [6.45, 7) is 2.69. The van der Waals surface area contributed by atoms with Crippen molar-refractivity contribution in [1.82, 2.24) is 10.3 Å². The minimum absolute atomic E-state index is 0.203. The van der Waals surface area contributed by atoms with Crippen LogP contribution in [0.1, 0.15) is 29.1 Å². The van der Waals surface area contributed by atoms with Gasteiger partial charge in [-0.1, -0.05) is 17.7 Å². The molecule has 0 spiro atoms. The lowest BCUT2D eigenvalue weighted by Crippen LogP contribution is -2.18. The van der Waals surface area contributed by atoms with E-state index in [0.29, 0.717) is 12.2 Å². The first-order valence-electron chi connectivity index (χ1n) is 5.53. The van der Waals surface area contributed by atoms with Gasteiger partial charge in [-0.05, 0) is 25.1 Å². The number of rotatable bonds is 4. The summed E-state index contributed by atoms with van der Waals surface area (Å²) in [4.78, 5) is 5.22. The molecule has 0 aliphatic heterocycles. The quantitative estimate of drug-likeness (QED) is 0.930. The minimum atomic E-state index is 0.203. The first-order valence-corrected chi connectivity index (χ1v) is 6.72. The summed E-state index contributed by atoms with van der Waals surface area (Å²) in [6.07, 6.45) is 1.63. The third-order valence-corrected chi connectivity index (χ3v) is 4.03. The molecule has 1 N–H and O–H groups in total. The molecular weight excluding hydrogens is 266 g/mol. The monoisotopic (exact) mass is 277 g/mol. The zero-order valence-electron chi connectivity index (χ0n) is 9.85. The number of halogens is 1. The SMILES string of the molecule is CC(NCc1cccnc1C#N)c1ccc(Cl)s1. The molecule has 0 saturated heterocycles. The maximum absolute atomic E-state index is 8.95. The Bertz CT molecular complexity index is 574. The van der Waals surface area contributed by atoms with Crippen LogP contribution in [0.4, 0.5) is 0 Å². The molecule has 2 aromatic heterocycles. The molecule has 0 aliphatic carbocycles. The zero-order valence-corrected chi connectivity index (χ0v) is 11.4. The Hall–Kier alpha value is -1.41. The molecule has 0 saturated carbocycles. The van der Waals surface area contributed by atoms with Crippen LogP contribution in [0.3, 0.4) is 0 Å². The molecule has 0 bridgehead atoms. The summed E-state index contributed by atoms with van der Waals surface area (Å²) in [7, 11) is 0. The second-order valence-electron chi connectivity index (χ2n) is 3.87. The normalized spacial score (nSPS) is 12.1. The molecule has 0 amide bonds. The van der Waals surface area contributed by atoms with E-state index in [9.17, 15) is 0 Å². The van der Waals surface area contributed by atoms with Gasteiger partial charge >= 0.3 is 0 Å². The Balaban J connectivity index is 2.02. The highest BCUT2D eigenvalue weighted by atomic mass is 35.5. The highest BCUT2D eigenvalue weighted by Gasteiger charge is 2.09. The molecular formula is C13H12ClN3S. The van der Waals surface area contributed by atoms with Crippen LogP contribution in [0.2, 0.25) is 4.34 Å². The Kier molecular flexibility index (Phi) is 4.32. The molecule has 5 heteroatoms. The lowest BCUT2D eigenvalue weighted by Gasteiger charge is -2.12. The fourth-order valence-corrected chi connectivity index (χ4v) is 2.69. The van der Waals surface area contributed by atoms with Gasteiger partial charge in [0.15, 0.2) is 0 Å². The summed E-state index contributed by atoms with van der Waals surface area (Å²) in [5.74, 6) is 0. The first kappa shape index (κ1) is 13.0. The smallest absolute Gasteiger partial charge is 0.144 e. The van der Waals surface area contributed by atoms with E-state index < -0.39 is 0 Å². The maximum atomic E-state index is 8.95. The Morgan fingerprint density at radius 1 is 1.50 bits per heavy atom. The van der Waals surface area contributed by atoms with Crippen molar-refractivity contribution in [3.8, 4) is 6.07 Å². The van der Waals surface area contributed by atoms with Gasteiger partial charge in [0.25, 0.3) is 0 Å². The fraction of sp³-hybridized carbons (Fsp3) is 0.231. The summed E-state index contributed by atoms with van der Waals surface area (Å²) >= 11 is 7.47. The number of nitrogens with one attached hydrogen (secondary N) is 1. The van der Waals surface area contributed by atoms with Crippen molar-refractivity contribution in [3.05, 3.63) is 50.9 Å². The van der Waals surface area contributed by atoms with Gasteiger partial charge in [0, 0.05) is 29.2 Å². The lowest BCUT2D eigenvalue weighted by molar-refractivity contribution is 0.581. The summed E-state index contributed by atoms with van der Waals surface area (Å²) in [5.41, 5.74) is 1.39. The predicted molar refractivity (Wildman–Crippen MR) is 73.5 cm³/mol. The molecule has 0 fully saturated rings. The van der Waals surface area contributed by atoms with E-state index in [-0.39, 0.29) is 6.04 Å². The molecule has 3 nitrogen and oxygen atoms in total. The van der Waals surface area contributed by atoms with Crippen LogP contribution < -0.4 is 5.32 Å². The van der Waals surface area contributed by atoms with Crippen molar-refractivity contribution in [1.29, 1.82) is 5.26 Å². The standard InChI is InChI=1S/C13H12ClN3S/c1-9(12-4-5-13(14)18-12)17-8-10-3-2-6-16-11(10)7-15/h2-6,9,17H,8H2,1H3. The van der Waals surface area contributed by atoms with Crippen molar-refractivity contribution in [2.45, 2.75) is 19.5 Å². The van der Waals surface area contributed by atoms with E-state index in [2.05, 4.69) is 23.3 Å². The van der Waals surface area contributed by atoms with Crippen LogP contribution >= 0.6 is 22.9 Å². The molecule has 2 rings (SSSR count). The lowest BCUT2D eigenvalue weighted by atomic mass is 10.2. The third kappa shape index (κ3) is 3.08. The second-order valence-corrected chi connectivity index (χ2v) is 5.61. The number of aromatic nitrogens is 1. The van der Waals surface area contributed by atoms with Gasteiger partial charge in [0.2, 0.25) is 0 Å². The average Bonchev–Trinajstić information content (AvgIpc) is 2.83. The average molecular weight is 278 g/mol. The van der Waals surface area contributed by atoms with Crippen molar-refractivity contribution >= 4 is 22.9 Å². The van der Waals surface area contributed by atoms with E-state index in [1.54, 1.807) is 17.5 Å². The number of nitriles is 1. The van der Waals surface area contributed by atoms with Gasteiger partial charge in [-0.25, -0.2) is 4.98 Å². The van der Waals surface area contributed by atoms with E-state index in [0.717, 1.165) is 9.90 Å². The highest BCUT2D eigenvalue weighted by Crippen LogP contribution is 2.26. The van der Waals surface area contributed by atoms with Crippen molar-refractivity contribution in [2.75, 3.05) is 0 Å². The number of hydrogen-bond donors (Lipinski definition) is 1. The molecule has 18 heavy (non-hydrogen) atoms. The van der Waals surface area contributed by atoms with Crippen molar-refractivity contribution < 1.29 is 0 Å². The predicted octanol–water partition coefficient (Wildman–Crippen LogP) is 3.52. The molecule has 92 valence electrons. The summed E-state index contributed by atoms with van der Waals surface area (Å²) in [5, 5.41) is 12.3. The molecule has 2 heterocycles.